The zero-order chi connectivity index (χ0) is 49.2. The summed E-state index contributed by atoms with van der Waals surface area (Å²) >= 11 is 0. The molecule has 1 heterocycles. The smallest absolute Gasteiger partial charge is 0.0619 e. The number of benzene rings is 12. The van der Waals surface area contributed by atoms with Crippen LogP contribution in [-0.2, 0) is 5.41 Å². The number of fused-ring (bicyclic) bond motifs is 7. The van der Waals surface area contributed by atoms with Crippen LogP contribution in [0, 0.1) is 0 Å². The summed E-state index contributed by atoms with van der Waals surface area (Å²) in [4.78, 5) is 2.44. The molecule has 2 nitrogen and oxygen atoms in total. The Hall–Kier alpha value is -9.50. The van der Waals surface area contributed by atoms with Crippen molar-refractivity contribution in [2.45, 2.75) is 12.3 Å². The van der Waals surface area contributed by atoms with E-state index in [0.717, 1.165) is 33.9 Å². The molecule has 348 valence electrons. The summed E-state index contributed by atoms with van der Waals surface area (Å²) in [5.74, 6) is 0. The van der Waals surface area contributed by atoms with E-state index in [4.69, 9.17) is 0 Å². The topological polar surface area (TPSA) is 8.17 Å². The Morgan fingerprint density at radius 1 is 0.338 bits per heavy atom. The van der Waals surface area contributed by atoms with Crippen molar-refractivity contribution in [2.75, 3.05) is 4.90 Å². The minimum Gasteiger partial charge on any atom is -0.310 e. The van der Waals surface area contributed by atoms with Gasteiger partial charge in [-0.3, -0.25) is 0 Å². The first-order valence-corrected chi connectivity index (χ1v) is 25.7. The Morgan fingerprint density at radius 3 is 1.62 bits per heavy atom. The molecule has 0 spiro atoms. The monoisotopic (exact) mass is 942 g/mol. The summed E-state index contributed by atoms with van der Waals surface area (Å²) in [6.07, 6.45) is 0. The fourth-order valence-corrected chi connectivity index (χ4v) is 12.2. The molecule has 0 fully saturated rings. The average molecular weight is 943 g/mol. The van der Waals surface area contributed by atoms with Gasteiger partial charge in [0.15, 0.2) is 0 Å². The van der Waals surface area contributed by atoms with E-state index in [0.29, 0.717) is 0 Å². The maximum absolute atomic E-state index is 2.44. The molecule has 1 aliphatic carbocycles. The molecule has 0 saturated carbocycles. The first kappa shape index (κ1) is 43.3. The van der Waals surface area contributed by atoms with Crippen molar-refractivity contribution in [1.82, 2.24) is 4.57 Å². The molecule has 0 saturated heterocycles. The van der Waals surface area contributed by atoms with Crippen molar-refractivity contribution in [3.05, 3.63) is 302 Å². The van der Waals surface area contributed by atoms with E-state index in [9.17, 15) is 0 Å². The summed E-state index contributed by atoms with van der Waals surface area (Å²) in [6.45, 7) is 2.39. The van der Waals surface area contributed by atoms with Crippen LogP contribution in [0.3, 0.4) is 0 Å². The lowest BCUT2D eigenvalue weighted by atomic mass is 9.74. The first-order valence-electron chi connectivity index (χ1n) is 25.7. The highest BCUT2D eigenvalue weighted by Crippen LogP contribution is 2.53. The SMILES string of the molecule is CC1(c2ccccc2)c2ccccc2-c2ccc(-c3ccc(N(c4ccc(-c5cccc6c7ccccc7n(-c7ccccc7)c56)cc4)c4ccccc4-c4cccc5cccc(-c6ccccc6)c45)cc3)cc21. The van der Waals surface area contributed by atoms with Crippen LogP contribution in [0.1, 0.15) is 23.6 Å². The van der Waals surface area contributed by atoms with Crippen molar-refractivity contribution in [3.63, 3.8) is 0 Å². The van der Waals surface area contributed by atoms with Crippen LogP contribution in [0.15, 0.2) is 285 Å². The van der Waals surface area contributed by atoms with Gasteiger partial charge in [0.2, 0.25) is 0 Å². The molecule has 0 aliphatic heterocycles. The molecule has 0 bridgehead atoms. The Labute approximate surface area is 432 Å². The molecule has 2 heteroatoms. The normalized spacial score (nSPS) is 13.8. The summed E-state index contributed by atoms with van der Waals surface area (Å²) in [6, 6.07) is 105. The van der Waals surface area contributed by atoms with Gasteiger partial charge in [-0.15, -0.1) is 0 Å². The van der Waals surface area contributed by atoms with Gasteiger partial charge in [-0.2, -0.15) is 0 Å². The summed E-state index contributed by atoms with van der Waals surface area (Å²) in [5, 5.41) is 4.93. The van der Waals surface area contributed by atoms with Crippen molar-refractivity contribution < 1.29 is 0 Å². The van der Waals surface area contributed by atoms with Crippen molar-refractivity contribution >= 4 is 49.6 Å². The molecule has 13 aromatic rings. The highest BCUT2D eigenvalue weighted by molar-refractivity contribution is 6.14. The van der Waals surface area contributed by atoms with E-state index in [1.807, 2.05) is 0 Å². The Morgan fingerprint density at radius 2 is 0.865 bits per heavy atom. The van der Waals surface area contributed by atoms with Crippen LogP contribution >= 0.6 is 0 Å². The molecular formula is C72H50N2. The van der Waals surface area contributed by atoms with E-state index in [1.54, 1.807) is 0 Å². The van der Waals surface area contributed by atoms with Gasteiger partial charge in [-0.1, -0.05) is 231 Å². The number of rotatable bonds is 9. The number of hydrogen-bond acceptors (Lipinski definition) is 1. The highest BCUT2D eigenvalue weighted by Gasteiger charge is 2.40. The molecule has 1 atom stereocenters. The Bertz CT molecular complexity index is 4220. The van der Waals surface area contributed by atoms with E-state index < -0.39 is 0 Å². The van der Waals surface area contributed by atoms with E-state index in [-0.39, 0.29) is 5.41 Å². The predicted octanol–water partition coefficient (Wildman–Crippen LogP) is 19.4. The average Bonchev–Trinajstić information content (AvgIpc) is 4.00. The maximum Gasteiger partial charge on any atom is 0.0619 e. The van der Waals surface area contributed by atoms with Crippen LogP contribution in [0.25, 0.3) is 93.9 Å². The van der Waals surface area contributed by atoms with Crippen LogP contribution in [0.4, 0.5) is 17.1 Å². The molecular weight excluding hydrogens is 893 g/mol. The van der Waals surface area contributed by atoms with Gasteiger partial charge in [-0.05, 0) is 133 Å². The van der Waals surface area contributed by atoms with Gasteiger partial charge in [0.25, 0.3) is 0 Å². The number of nitrogens with zero attached hydrogens (tertiary/aromatic N) is 2. The van der Waals surface area contributed by atoms with Gasteiger partial charge >= 0.3 is 0 Å². The quantitative estimate of drug-likeness (QED) is 0.140. The fourth-order valence-electron chi connectivity index (χ4n) is 12.2. The minimum atomic E-state index is -0.276. The summed E-state index contributed by atoms with van der Waals surface area (Å²) in [5.41, 5.74) is 22.6. The number of aromatic nitrogens is 1. The third-order valence-corrected chi connectivity index (χ3v) is 15.7. The fraction of sp³-hybridized carbons (Fsp3) is 0.0278. The molecule has 14 rings (SSSR count). The molecule has 0 amide bonds. The molecule has 74 heavy (non-hydrogen) atoms. The van der Waals surface area contributed by atoms with Gasteiger partial charge in [0.1, 0.15) is 0 Å². The van der Waals surface area contributed by atoms with Crippen LogP contribution in [-0.4, -0.2) is 4.57 Å². The molecule has 1 aliphatic rings. The number of anilines is 3. The second-order valence-electron chi connectivity index (χ2n) is 19.7. The van der Waals surface area contributed by atoms with Crippen molar-refractivity contribution in [2.24, 2.45) is 0 Å². The predicted molar refractivity (Wildman–Crippen MR) is 312 cm³/mol. The third kappa shape index (κ3) is 6.94. The van der Waals surface area contributed by atoms with E-state index >= 15 is 0 Å². The van der Waals surface area contributed by atoms with Gasteiger partial charge in [0, 0.05) is 44.4 Å². The lowest BCUT2D eigenvalue weighted by Gasteiger charge is -2.29. The zero-order valence-electron chi connectivity index (χ0n) is 41.0. The van der Waals surface area contributed by atoms with Crippen LogP contribution in [0.2, 0.25) is 0 Å². The van der Waals surface area contributed by atoms with Gasteiger partial charge < -0.3 is 9.47 Å². The van der Waals surface area contributed by atoms with E-state index in [1.165, 1.54) is 93.8 Å². The zero-order valence-corrected chi connectivity index (χ0v) is 41.0. The number of hydrogen-bond donors (Lipinski definition) is 0. The second-order valence-corrected chi connectivity index (χ2v) is 19.7. The number of para-hydroxylation sites is 4. The Kier molecular flexibility index (Phi) is 10.3. The van der Waals surface area contributed by atoms with Crippen LogP contribution < -0.4 is 4.90 Å². The largest absolute Gasteiger partial charge is 0.310 e. The molecule has 1 unspecified atom stereocenters. The van der Waals surface area contributed by atoms with E-state index in [2.05, 4.69) is 302 Å². The first-order chi connectivity index (χ1) is 36.6. The molecule has 1 aromatic heterocycles. The van der Waals surface area contributed by atoms with Crippen molar-refractivity contribution in [1.29, 1.82) is 0 Å². The highest BCUT2D eigenvalue weighted by atomic mass is 15.1. The standard InChI is InChI=1S/C72H50N2/c1-72(54-24-7-3-8-25-54)66-35-14-11-28-60(66)61-47-42-53(48-67(61)72)49-38-43-56(44-39-49)73(68-36-15-12-29-62(68)64-33-18-23-52-22-17-31-58(70(52)64)50-20-5-2-6-21-50)57-45-40-51(41-46-57)59-32-19-34-65-63-30-13-16-37-69(63)74(71(59)65)55-26-9-4-10-27-55/h2-48H,1H3. The van der Waals surface area contributed by atoms with Crippen LogP contribution in [0.5, 0.6) is 0 Å². The summed E-state index contributed by atoms with van der Waals surface area (Å²) in [7, 11) is 0. The lowest BCUT2D eigenvalue weighted by molar-refractivity contribution is 0.714. The molecule has 12 aromatic carbocycles. The summed E-state index contributed by atoms with van der Waals surface area (Å²) < 4.78 is 2.42. The van der Waals surface area contributed by atoms with Gasteiger partial charge in [-0.25, -0.2) is 0 Å². The third-order valence-electron chi connectivity index (χ3n) is 15.7. The van der Waals surface area contributed by atoms with Gasteiger partial charge in [0.05, 0.1) is 16.7 Å². The molecule has 0 N–H and O–H groups in total. The maximum atomic E-state index is 2.44. The Balaban J connectivity index is 0.926. The van der Waals surface area contributed by atoms with Crippen molar-refractivity contribution in [3.8, 4) is 61.3 Å². The lowest BCUT2D eigenvalue weighted by Crippen LogP contribution is -2.22. The second kappa shape index (κ2) is 17.7. The minimum absolute atomic E-state index is 0.276. The molecule has 0 radical (unpaired) electrons.